The van der Waals surface area contributed by atoms with Gasteiger partial charge in [-0.25, -0.2) is 8.78 Å². The van der Waals surface area contributed by atoms with Crippen LogP contribution in [0.25, 0.3) is 0 Å². The van der Waals surface area contributed by atoms with Crippen molar-refractivity contribution in [1.29, 1.82) is 0 Å². The average molecular weight is 328 g/mol. The van der Waals surface area contributed by atoms with Crippen LogP contribution in [0.5, 0.6) is 0 Å². The van der Waals surface area contributed by atoms with E-state index in [0.29, 0.717) is 6.04 Å². The van der Waals surface area contributed by atoms with Crippen LogP contribution in [0.1, 0.15) is 35.1 Å². The SMILES string of the molecule is CN1CCN(C2CC(c3ccc(F)cc3)c3cc(F)ccc32)CC1. The van der Waals surface area contributed by atoms with Gasteiger partial charge in [0.2, 0.25) is 0 Å². The molecular formula is C20H22F2N2. The molecule has 0 spiro atoms. The fourth-order valence-electron chi connectivity index (χ4n) is 4.12. The van der Waals surface area contributed by atoms with Gasteiger partial charge in [0, 0.05) is 38.1 Å². The van der Waals surface area contributed by atoms with Crippen molar-refractivity contribution in [1.82, 2.24) is 9.80 Å². The number of nitrogens with zero attached hydrogens (tertiary/aromatic N) is 2. The van der Waals surface area contributed by atoms with Gasteiger partial charge in [0.05, 0.1) is 0 Å². The first kappa shape index (κ1) is 15.7. The molecule has 4 rings (SSSR count). The minimum absolute atomic E-state index is 0.140. The van der Waals surface area contributed by atoms with Gasteiger partial charge >= 0.3 is 0 Å². The molecule has 1 fully saturated rings. The van der Waals surface area contributed by atoms with Crippen molar-refractivity contribution >= 4 is 0 Å². The summed E-state index contributed by atoms with van der Waals surface area (Å²) in [6, 6.07) is 12.2. The molecule has 0 bridgehead atoms. The van der Waals surface area contributed by atoms with Gasteiger partial charge in [-0.3, -0.25) is 4.90 Å². The molecular weight excluding hydrogens is 306 g/mol. The van der Waals surface area contributed by atoms with Crippen molar-refractivity contribution in [3.05, 3.63) is 70.8 Å². The number of rotatable bonds is 2. The van der Waals surface area contributed by atoms with Gasteiger partial charge < -0.3 is 4.90 Å². The molecule has 1 heterocycles. The Hall–Kier alpha value is -1.78. The Kier molecular flexibility index (Phi) is 4.10. The van der Waals surface area contributed by atoms with Gasteiger partial charge in [0.25, 0.3) is 0 Å². The van der Waals surface area contributed by atoms with E-state index >= 15 is 0 Å². The van der Waals surface area contributed by atoms with Gasteiger partial charge in [0.15, 0.2) is 0 Å². The molecule has 1 aliphatic carbocycles. The van der Waals surface area contributed by atoms with Gasteiger partial charge in [0.1, 0.15) is 11.6 Å². The zero-order valence-electron chi connectivity index (χ0n) is 13.9. The topological polar surface area (TPSA) is 6.48 Å². The third-order valence-corrected chi connectivity index (χ3v) is 5.49. The van der Waals surface area contributed by atoms with Crippen molar-refractivity contribution in [2.24, 2.45) is 0 Å². The fourth-order valence-corrected chi connectivity index (χ4v) is 4.12. The van der Waals surface area contributed by atoms with Gasteiger partial charge in [-0.05, 0) is 54.4 Å². The molecule has 1 saturated heterocycles. The van der Waals surface area contributed by atoms with Crippen molar-refractivity contribution in [3.8, 4) is 0 Å². The molecule has 4 heteroatoms. The highest BCUT2D eigenvalue weighted by Crippen LogP contribution is 2.47. The van der Waals surface area contributed by atoms with Crippen molar-refractivity contribution in [3.63, 3.8) is 0 Å². The zero-order chi connectivity index (χ0) is 16.7. The highest BCUT2D eigenvalue weighted by atomic mass is 19.1. The molecule has 2 unspecified atom stereocenters. The first-order chi connectivity index (χ1) is 11.6. The van der Waals surface area contributed by atoms with Crippen LogP contribution in [0, 0.1) is 11.6 Å². The normalized spacial score (nSPS) is 25.0. The van der Waals surface area contributed by atoms with Crippen molar-refractivity contribution in [2.75, 3.05) is 33.2 Å². The van der Waals surface area contributed by atoms with Crippen LogP contribution in [0.2, 0.25) is 0 Å². The molecule has 1 aliphatic heterocycles. The summed E-state index contributed by atoms with van der Waals surface area (Å²) >= 11 is 0. The van der Waals surface area contributed by atoms with Crippen LogP contribution < -0.4 is 0 Å². The Bertz CT molecular complexity index is 721. The van der Waals surface area contributed by atoms with Crippen LogP contribution in [0.3, 0.4) is 0 Å². The molecule has 0 aromatic heterocycles. The Balaban J connectivity index is 1.68. The molecule has 0 N–H and O–H groups in total. The van der Waals surface area contributed by atoms with Crippen molar-refractivity contribution in [2.45, 2.75) is 18.4 Å². The van der Waals surface area contributed by atoms with E-state index < -0.39 is 0 Å². The molecule has 126 valence electrons. The highest BCUT2D eigenvalue weighted by molar-refractivity contribution is 5.45. The van der Waals surface area contributed by atoms with Gasteiger partial charge in [-0.15, -0.1) is 0 Å². The third-order valence-electron chi connectivity index (χ3n) is 5.49. The molecule has 2 aromatic rings. The minimum atomic E-state index is -0.230. The Morgan fingerprint density at radius 1 is 0.833 bits per heavy atom. The summed E-state index contributed by atoms with van der Waals surface area (Å²) < 4.78 is 27.1. The fraction of sp³-hybridized carbons (Fsp3) is 0.400. The lowest BCUT2D eigenvalue weighted by molar-refractivity contribution is 0.110. The molecule has 0 amide bonds. The van der Waals surface area contributed by atoms with Crippen LogP contribution >= 0.6 is 0 Å². The van der Waals surface area contributed by atoms with E-state index in [4.69, 9.17) is 0 Å². The maximum absolute atomic E-state index is 13.9. The van der Waals surface area contributed by atoms with Crippen LogP contribution in [-0.4, -0.2) is 43.0 Å². The van der Waals surface area contributed by atoms with Crippen LogP contribution in [0.4, 0.5) is 8.78 Å². The molecule has 2 aromatic carbocycles. The quantitative estimate of drug-likeness (QED) is 0.828. The molecule has 0 saturated carbocycles. The molecule has 2 nitrogen and oxygen atoms in total. The second-order valence-corrected chi connectivity index (χ2v) is 6.97. The lowest BCUT2D eigenvalue weighted by Gasteiger charge is -2.37. The Morgan fingerprint density at radius 2 is 1.50 bits per heavy atom. The average Bonchev–Trinajstić information content (AvgIpc) is 2.95. The summed E-state index contributed by atoms with van der Waals surface area (Å²) in [4.78, 5) is 4.86. The van der Waals surface area contributed by atoms with Crippen LogP contribution in [-0.2, 0) is 0 Å². The predicted octanol–water partition coefficient (Wildman–Crippen LogP) is 3.79. The van der Waals surface area contributed by atoms with Crippen LogP contribution in [0.15, 0.2) is 42.5 Å². The van der Waals surface area contributed by atoms with Gasteiger partial charge in [-0.2, -0.15) is 0 Å². The molecule has 2 aliphatic rings. The number of piperazine rings is 1. The van der Waals surface area contributed by atoms with E-state index in [1.807, 2.05) is 18.2 Å². The Morgan fingerprint density at radius 3 is 2.21 bits per heavy atom. The second-order valence-electron chi connectivity index (χ2n) is 6.97. The van der Waals surface area contributed by atoms with Crippen molar-refractivity contribution < 1.29 is 8.78 Å². The number of hydrogen-bond acceptors (Lipinski definition) is 2. The number of benzene rings is 2. The number of fused-ring (bicyclic) bond motifs is 1. The number of likely N-dealkylation sites (N-methyl/N-ethyl adjacent to an activating group) is 1. The summed E-state index contributed by atoms with van der Waals surface area (Å²) in [5.41, 5.74) is 3.36. The van der Waals surface area contributed by atoms with E-state index in [2.05, 4.69) is 16.8 Å². The third kappa shape index (κ3) is 2.85. The maximum Gasteiger partial charge on any atom is 0.123 e. The van der Waals surface area contributed by atoms with E-state index in [1.165, 1.54) is 17.7 Å². The predicted molar refractivity (Wildman–Crippen MR) is 91.1 cm³/mol. The molecule has 2 atom stereocenters. The number of hydrogen-bond donors (Lipinski definition) is 0. The zero-order valence-corrected chi connectivity index (χ0v) is 13.9. The lowest BCUT2D eigenvalue weighted by atomic mass is 9.93. The lowest BCUT2D eigenvalue weighted by Crippen LogP contribution is -2.45. The summed E-state index contributed by atoms with van der Waals surface area (Å²) in [5.74, 6) is -0.285. The molecule has 0 radical (unpaired) electrons. The van der Waals surface area contributed by atoms with E-state index in [9.17, 15) is 8.78 Å². The first-order valence-corrected chi connectivity index (χ1v) is 8.59. The molecule has 24 heavy (non-hydrogen) atoms. The van der Waals surface area contributed by atoms with E-state index in [1.54, 1.807) is 12.1 Å². The summed E-state index contributed by atoms with van der Waals surface area (Å²) in [5, 5.41) is 0. The monoisotopic (exact) mass is 328 g/mol. The standard InChI is InChI=1S/C20H22F2N2/c1-23-8-10-24(11-9-23)20-13-18(14-2-4-15(21)5-3-14)19-12-16(22)6-7-17(19)20/h2-7,12,18,20H,8-11,13H2,1H3. The summed E-state index contributed by atoms with van der Waals surface area (Å²) in [7, 11) is 2.15. The smallest absolute Gasteiger partial charge is 0.123 e. The van der Waals surface area contributed by atoms with E-state index in [0.717, 1.165) is 43.7 Å². The summed E-state index contributed by atoms with van der Waals surface area (Å²) in [6.07, 6.45) is 0.939. The van der Waals surface area contributed by atoms with Gasteiger partial charge in [-0.1, -0.05) is 18.2 Å². The Labute approximate surface area is 141 Å². The maximum atomic E-state index is 13.9. The first-order valence-electron chi connectivity index (χ1n) is 8.59. The second kappa shape index (κ2) is 6.26. The largest absolute Gasteiger partial charge is 0.304 e. The summed E-state index contributed by atoms with van der Waals surface area (Å²) in [6.45, 7) is 4.20. The van der Waals surface area contributed by atoms with E-state index in [-0.39, 0.29) is 17.6 Å². The number of halogens is 2. The highest BCUT2D eigenvalue weighted by Gasteiger charge is 2.36. The minimum Gasteiger partial charge on any atom is -0.304 e.